The lowest BCUT2D eigenvalue weighted by Gasteiger charge is -2.23. The number of nitrogens with two attached hydrogens (primary N) is 1. The van der Waals surface area contributed by atoms with Crippen LogP contribution in [0.25, 0.3) is 0 Å². The average molecular weight is 274 g/mol. The van der Waals surface area contributed by atoms with E-state index in [1.54, 1.807) is 6.92 Å². The maximum absolute atomic E-state index is 11.9. The van der Waals surface area contributed by atoms with Crippen LogP contribution in [0.5, 0.6) is 5.75 Å². The Kier molecular flexibility index (Phi) is 3.66. The summed E-state index contributed by atoms with van der Waals surface area (Å²) < 4.78 is 5.75. The van der Waals surface area contributed by atoms with Crippen LogP contribution in [0.1, 0.15) is 49.8 Å². The van der Waals surface area contributed by atoms with Crippen LogP contribution >= 0.6 is 0 Å². The summed E-state index contributed by atoms with van der Waals surface area (Å²) >= 11 is 0. The van der Waals surface area contributed by atoms with Crippen LogP contribution in [-0.2, 0) is 11.2 Å². The smallest absolute Gasteiger partial charge is 0.260 e. The van der Waals surface area contributed by atoms with Crippen molar-refractivity contribution in [3.05, 3.63) is 29.3 Å². The van der Waals surface area contributed by atoms with Crippen molar-refractivity contribution in [3.63, 3.8) is 0 Å². The van der Waals surface area contributed by atoms with Gasteiger partial charge in [0.2, 0.25) is 0 Å². The van der Waals surface area contributed by atoms with E-state index in [0.717, 1.165) is 37.9 Å². The molecule has 2 aliphatic rings. The van der Waals surface area contributed by atoms with E-state index in [1.807, 2.05) is 12.1 Å². The predicted octanol–water partition coefficient (Wildman–Crippen LogP) is 2.07. The lowest BCUT2D eigenvalue weighted by atomic mass is 9.88. The molecule has 1 unspecified atom stereocenters. The summed E-state index contributed by atoms with van der Waals surface area (Å²) in [7, 11) is 0. The maximum Gasteiger partial charge on any atom is 0.260 e. The van der Waals surface area contributed by atoms with Crippen LogP contribution in [0, 0.1) is 0 Å². The first-order valence-electron chi connectivity index (χ1n) is 7.49. The predicted molar refractivity (Wildman–Crippen MR) is 77.6 cm³/mol. The minimum absolute atomic E-state index is 0.0329. The summed E-state index contributed by atoms with van der Waals surface area (Å²) in [6, 6.07) is 6.48. The molecule has 0 aromatic heterocycles. The van der Waals surface area contributed by atoms with Gasteiger partial charge in [0.05, 0.1) is 0 Å². The fraction of sp³-hybridized carbons (Fsp3) is 0.562. The number of carbonyl (C=O) groups is 1. The van der Waals surface area contributed by atoms with Gasteiger partial charge in [0.15, 0.2) is 6.10 Å². The molecule has 4 heteroatoms. The number of benzene rings is 1. The highest BCUT2D eigenvalue weighted by atomic mass is 16.5. The largest absolute Gasteiger partial charge is 0.481 e. The molecule has 4 nitrogen and oxygen atoms in total. The lowest BCUT2D eigenvalue weighted by molar-refractivity contribution is -0.127. The summed E-state index contributed by atoms with van der Waals surface area (Å²) in [6.07, 6.45) is 4.97. The van der Waals surface area contributed by atoms with Gasteiger partial charge >= 0.3 is 0 Å². The number of rotatable bonds is 4. The number of hydrogen-bond donors (Lipinski definition) is 2. The SMILES string of the molecule is CC(Oc1ccc2c(c1)[C@H](N)CCC2)C(=O)NC1CC1. The molecule has 2 atom stereocenters. The second-order valence-corrected chi connectivity index (χ2v) is 5.90. The van der Waals surface area contributed by atoms with Gasteiger partial charge in [0.1, 0.15) is 5.75 Å². The van der Waals surface area contributed by atoms with Crippen LogP contribution in [-0.4, -0.2) is 18.1 Å². The molecule has 0 saturated heterocycles. The Labute approximate surface area is 119 Å². The molecule has 2 aliphatic carbocycles. The number of ether oxygens (including phenoxy) is 1. The quantitative estimate of drug-likeness (QED) is 0.883. The summed E-state index contributed by atoms with van der Waals surface area (Å²) in [5.74, 6) is 0.703. The zero-order valence-electron chi connectivity index (χ0n) is 11.9. The molecule has 1 amide bonds. The fourth-order valence-corrected chi connectivity index (χ4v) is 2.69. The van der Waals surface area contributed by atoms with Gasteiger partial charge in [-0.2, -0.15) is 0 Å². The molecule has 1 aromatic carbocycles. The minimum atomic E-state index is -0.464. The van der Waals surface area contributed by atoms with Crippen molar-refractivity contribution in [2.45, 2.75) is 57.2 Å². The molecule has 0 spiro atoms. The zero-order valence-corrected chi connectivity index (χ0v) is 11.9. The van der Waals surface area contributed by atoms with Crippen LogP contribution in [0.2, 0.25) is 0 Å². The van der Waals surface area contributed by atoms with Crippen LogP contribution < -0.4 is 15.8 Å². The molecule has 0 aliphatic heterocycles. The van der Waals surface area contributed by atoms with E-state index in [1.165, 1.54) is 11.1 Å². The van der Waals surface area contributed by atoms with E-state index >= 15 is 0 Å². The third-order valence-electron chi connectivity index (χ3n) is 4.08. The number of carbonyl (C=O) groups excluding carboxylic acids is 1. The molecule has 108 valence electrons. The number of fused-ring (bicyclic) bond motifs is 1. The summed E-state index contributed by atoms with van der Waals surface area (Å²) in [5.41, 5.74) is 8.63. The molecule has 0 bridgehead atoms. The highest BCUT2D eigenvalue weighted by molar-refractivity contribution is 5.81. The van der Waals surface area contributed by atoms with E-state index in [4.69, 9.17) is 10.5 Å². The fourth-order valence-electron chi connectivity index (χ4n) is 2.69. The second-order valence-electron chi connectivity index (χ2n) is 5.90. The molecule has 0 radical (unpaired) electrons. The molecule has 1 aromatic rings. The van der Waals surface area contributed by atoms with E-state index in [0.29, 0.717) is 6.04 Å². The molecule has 1 saturated carbocycles. The van der Waals surface area contributed by atoms with Crippen LogP contribution in [0.3, 0.4) is 0 Å². The van der Waals surface area contributed by atoms with Crippen molar-refractivity contribution in [3.8, 4) is 5.75 Å². The van der Waals surface area contributed by atoms with Gasteiger partial charge in [0, 0.05) is 12.1 Å². The van der Waals surface area contributed by atoms with Gasteiger partial charge in [-0.15, -0.1) is 0 Å². The van der Waals surface area contributed by atoms with Crippen LogP contribution in [0.15, 0.2) is 18.2 Å². The molecule has 20 heavy (non-hydrogen) atoms. The lowest BCUT2D eigenvalue weighted by Crippen LogP contribution is -2.37. The minimum Gasteiger partial charge on any atom is -0.481 e. The van der Waals surface area contributed by atoms with Gasteiger partial charge in [0.25, 0.3) is 5.91 Å². The van der Waals surface area contributed by atoms with Gasteiger partial charge in [-0.3, -0.25) is 4.79 Å². The summed E-state index contributed by atoms with van der Waals surface area (Å²) in [6.45, 7) is 1.79. The van der Waals surface area contributed by atoms with E-state index < -0.39 is 6.10 Å². The highest BCUT2D eigenvalue weighted by Gasteiger charge is 2.26. The topological polar surface area (TPSA) is 64.3 Å². The van der Waals surface area contributed by atoms with Crippen molar-refractivity contribution in [1.29, 1.82) is 0 Å². The van der Waals surface area contributed by atoms with Crippen molar-refractivity contribution >= 4 is 5.91 Å². The van der Waals surface area contributed by atoms with E-state index in [9.17, 15) is 4.79 Å². The molecule has 3 rings (SSSR count). The number of nitrogens with one attached hydrogen (secondary N) is 1. The standard InChI is InChI=1S/C16H22N2O2/c1-10(16(19)18-12-6-7-12)20-13-8-5-11-3-2-4-15(17)14(11)9-13/h5,8-10,12,15H,2-4,6-7,17H2,1H3,(H,18,19)/t10?,15-/m1/s1. The van der Waals surface area contributed by atoms with Crippen molar-refractivity contribution in [2.24, 2.45) is 5.73 Å². The Morgan fingerprint density at radius 3 is 2.95 bits per heavy atom. The van der Waals surface area contributed by atoms with Gasteiger partial charge in [-0.05, 0) is 62.3 Å². The van der Waals surface area contributed by atoms with Crippen molar-refractivity contribution < 1.29 is 9.53 Å². The number of amides is 1. The zero-order chi connectivity index (χ0) is 14.1. The number of hydrogen-bond acceptors (Lipinski definition) is 3. The van der Waals surface area contributed by atoms with Crippen molar-refractivity contribution in [1.82, 2.24) is 5.32 Å². The normalized spacial score (nSPS) is 22.8. The Morgan fingerprint density at radius 2 is 2.20 bits per heavy atom. The Hall–Kier alpha value is -1.55. The first-order valence-corrected chi connectivity index (χ1v) is 7.49. The second kappa shape index (κ2) is 5.44. The van der Waals surface area contributed by atoms with E-state index in [-0.39, 0.29) is 11.9 Å². The van der Waals surface area contributed by atoms with E-state index in [2.05, 4.69) is 11.4 Å². The molecule has 0 heterocycles. The molecule has 1 fully saturated rings. The van der Waals surface area contributed by atoms with Crippen LogP contribution in [0.4, 0.5) is 0 Å². The Balaban J connectivity index is 1.67. The third kappa shape index (κ3) is 2.96. The Bertz CT molecular complexity index is 511. The van der Waals surface area contributed by atoms with Gasteiger partial charge in [-0.1, -0.05) is 6.07 Å². The molecule has 3 N–H and O–H groups in total. The molecular formula is C16H22N2O2. The average Bonchev–Trinajstić information content (AvgIpc) is 3.23. The van der Waals surface area contributed by atoms with Gasteiger partial charge in [-0.25, -0.2) is 0 Å². The summed E-state index contributed by atoms with van der Waals surface area (Å²) in [5, 5.41) is 2.96. The maximum atomic E-state index is 11.9. The Morgan fingerprint density at radius 1 is 1.40 bits per heavy atom. The molecular weight excluding hydrogens is 252 g/mol. The first kappa shape index (κ1) is 13.4. The number of aryl methyl sites for hydroxylation is 1. The highest BCUT2D eigenvalue weighted by Crippen LogP contribution is 2.31. The summed E-state index contributed by atoms with van der Waals surface area (Å²) in [4.78, 5) is 11.9. The van der Waals surface area contributed by atoms with Crippen molar-refractivity contribution in [2.75, 3.05) is 0 Å². The van der Waals surface area contributed by atoms with Gasteiger partial charge < -0.3 is 15.8 Å². The monoisotopic (exact) mass is 274 g/mol. The first-order chi connectivity index (χ1) is 9.63. The third-order valence-corrected chi connectivity index (χ3v) is 4.08.